The van der Waals surface area contributed by atoms with Crippen LogP contribution in [0.25, 0.3) is 0 Å². The first-order valence-corrected chi connectivity index (χ1v) is 3.23. The Morgan fingerprint density at radius 3 is 1.29 bits per heavy atom. The Balaban J connectivity index is -0.0000000800. The van der Waals surface area contributed by atoms with E-state index in [0.29, 0.717) is 0 Å². The van der Waals surface area contributed by atoms with Crippen LogP contribution in [0.4, 0.5) is 9.41 Å². The number of rotatable bonds is 2. The molecule has 0 saturated carbocycles. The molecule has 0 heterocycles. The van der Waals surface area contributed by atoms with E-state index in [4.69, 9.17) is 0 Å². The van der Waals surface area contributed by atoms with Crippen molar-refractivity contribution in [2.75, 3.05) is 14.2 Å². The summed E-state index contributed by atoms with van der Waals surface area (Å²) in [6.45, 7) is 0. The summed E-state index contributed by atoms with van der Waals surface area (Å²) in [5, 5.41) is 0. The standard InChI is InChI=1S/2CH3O.2FH.Zr/c2*1-2;;;/h2*1H3;2*1H;/q2*-1;;;+2. The van der Waals surface area contributed by atoms with Crippen molar-refractivity contribution < 1.29 is 39.2 Å². The summed E-state index contributed by atoms with van der Waals surface area (Å²) >= 11 is -0.782. The molecule has 7 heavy (non-hydrogen) atoms. The van der Waals surface area contributed by atoms with Crippen LogP contribution >= 0.6 is 0 Å². The van der Waals surface area contributed by atoms with Gasteiger partial charge in [-0.15, -0.1) is 0 Å². The molecule has 46 valence electrons. The molecule has 0 aliphatic heterocycles. The van der Waals surface area contributed by atoms with Crippen molar-refractivity contribution in [3.05, 3.63) is 0 Å². The SMILES string of the molecule is C[O][Zr][O]C.F.F. The van der Waals surface area contributed by atoms with Gasteiger partial charge < -0.3 is 0 Å². The molecule has 0 saturated heterocycles. The Labute approximate surface area is 53.7 Å². The Morgan fingerprint density at radius 2 is 1.29 bits per heavy atom. The molecule has 0 unspecified atom stereocenters. The van der Waals surface area contributed by atoms with Crippen molar-refractivity contribution in [3.8, 4) is 0 Å². The molecule has 0 spiro atoms. The van der Waals surface area contributed by atoms with Crippen molar-refractivity contribution in [1.82, 2.24) is 0 Å². The Bertz CT molecular complexity index is 21.2. The summed E-state index contributed by atoms with van der Waals surface area (Å²) in [5.41, 5.74) is 0. The summed E-state index contributed by atoms with van der Waals surface area (Å²) in [4.78, 5) is 0. The van der Waals surface area contributed by atoms with Crippen LogP contribution in [0, 0.1) is 0 Å². The monoisotopic (exact) mass is 192 g/mol. The molecule has 0 N–H and O–H groups in total. The first-order chi connectivity index (χ1) is 2.41. The van der Waals surface area contributed by atoms with E-state index in [2.05, 4.69) is 5.63 Å². The largest absolute Gasteiger partial charge is 0.269 e. The minimum absolute atomic E-state index is 0. The summed E-state index contributed by atoms with van der Waals surface area (Å²) in [7, 11) is 3.32. The third-order valence-corrected chi connectivity index (χ3v) is 0.986. The van der Waals surface area contributed by atoms with E-state index in [1.807, 2.05) is 0 Å². The smallest absolute Gasteiger partial charge is 0.269 e. The molecule has 0 aromatic carbocycles. The number of hydrogen-bond donors (Lipinski definition) is 0. The molecule has 0 aromatic heterocycles. The van der Waals surface area contributed by atoms with Crippen LogP contribution in [0.3, 0.4) is 0 Å². The van der Waals surface area contributed by atoms with Crippen LogP contribution < -0.4 is 0 Å². The summed E-state index contributed by atoms with van der Waals surface area (Å²) < 4.78 is 9.28. The van der Waals surface area contributed by atoms with Gasteiger partial charge in [0, 0.05) is 0 Å². The third-order valence-electron chi connectivity index (χ3n) is 0.167. The maximum atomic E-state index is 4.64. The van der Waals surface area contributed by atoms with Crippen molar-refractivity contribution >= 4 is 0 Å². The van der Waals surface area contributed by atoms with E-state index in [0.717, 1.165) is 0 Å². The van der Waals surface area contributed by atoms with Gasteiger partial charge in [0.1, 0.15) is 0 Å². The van der Waals surface area contributed by atoms with Crippen molar-refractivity contribution in [3.63, 3.8) is 0 Å². The van der Waals surface area contributed by atoms with Crippen LogP contribution in [0.15, 0.2) is 0 Å². The third kappa shape index (κ3) is 20.4. The van der Waals surface area contributed by atoms with E-state index in [1.54, 1.807) is 14.2 Å². The van der Waals surface area contributed by atoms with Gasteiger partial charge in [-0.25, -0.2) is 0 Å². The summed E-state index contributed by atoms with van der Waals surface area (Å²) in [5.74, 6) is 0. The van der Waals surface area contributed by atoms with Gasteiger partial charge in [-0.1, -0.05) is 0 Å². The fourth-order valence-corrected chi connectivity index (χ4v) is 0.493. The second-order valence-corrected chi connectivity index (χ2v) is 2.91. The van der Waals surface area contributed by atoms with Crippen LogP contribution in [0.2, 0.25) is 0 Å². The molecule has 0 radical (unpaired) electrons. The molecule has 0 aliphatic carbocycles. The average Bonchev–Trinajstić information content (AvgIpc) is 1.41. The van der Waals surface area contributed by atoms with Crippen molar-refractivity contribution in [2.45, 2.75) is 0 Å². The number of halogens is 2. The van der Waals surface area contributed by atoms with E-state index in [-0.39, 0.29) is 9.41 Å². The zero-order chi connectivity index (χ0) is 4.12. The summed E-state index contributed by atoms with van der Waals surface area (Å²) in [6.07, 6.45) is 0. The van der Waals surface area contributed by atoms with Crippen LogP contribution in [0.5, 0.6) is 0 Å². The first-order valence-electron chi connectivity index (χ1n) is 1.22. The maximum Gasteiger partial charge on any atom is -0.269 e. The van der Waals surface area contributed by atoms with Gasteiger partial charge >= 0.3 is 44.0 Å². The molecule has 0 fully saturated rings. The fourth-order valence-electron chi connectivity index (χ4n) is 0.0833. The quantitative estimate of drug-likeness (QED) is 0.636. The molecule has 0 amide bonds. The number of hydrogen-bond acceptors (Lipinski definition) is 2. The fraction of sp³-hybridized carbons (Fsp3) is 1.00. The van der Waals surface area contributed by atoms with Crippen LogP contribution in [0.1, 0.15) is 0 Å². The Morgan fingerprint density at radius 1 is 1.00 bits per heavy atom. The molecule has 0 atom stereocenters. The molecule has 0 bridgehead atoms. The average molecular weight is 193 g/mol. The molecular weight excluding hydrogens is 185 g/mol. The van der Waals surface area contributed by atoms with Gasteiger partial charge in [0.15, 0.2) is 0 Å². The van der Waals surface area contributed by atoms with Crippen molar-refractivity contribution in [2.24, 2.45) is 0 Å². The van der Waals surface area contributed by atoms with E-state index >= 15 is 0 Å². The molecule has 5 heteroatoms. The van der Waals surface area contributed by atoms with E-state index < -0.39 is 24.1 Å². The van der Waals surface area contributed by atoms with Crippen molar-refractivity contribution in [1.29, 1.82) is 0 Å². The Hall–Kier alpha value is 0.663. The zero-order valence-corrected chi connectivity index (χ0v) is 6.59. The molecular formula is C2H8F2O2Zr. The molecule has 0 aromatic rings. The topological polar surface area (TPSA) is 18.5 Å². The Kier molecular flexibility index (Phi) is 35.6. The van der Waals surface area contributed by atoms with Crippen LogP contribution in [-0.4, -0.2) is 14.2 Å². The van der Waals surface area contributed by atoms with Crippen LogP contribution in [-0.2, 0) is 29.7 Å². The second-order valence-electron chi connectivity index (χ2n) is 0.492. The molecule has 0 rings (SSSR count). The summed E-state index contributed by atoms with van der Waals surface area (Å²) in [6, 6.07) is 0. The molecule has 2 nitrogen and oxygen atoms in total. The van der Waals surface area contributed by atoms with E-state index in [9.17, 15) is 0 Å². The minimum atomic E-state index is -0.782. The van der Waals surface area contributed by atoms with Gasteiger partial charge in [0.25, 0.3) is 0 Å². The van der Waals surface area contributed by atoms with Gasteiger partial charge in [0.05, 0.1) is 0 Å². The maximum absolute atomic E-state index is 4.64. The van der Waals surface area contributed by atoms with Gasteiger partial charge in [0.2, 0.25) is 0 Å². The van der Waals surface area contributed by atoms with Gasteiger partial charge in [-0.3, -0.25) is 9.41 Å². The predicted octanol–water partition coefficient (Wildman–Crippen LogP) is 0.497. The van der Waals surface area contributed by atoms with Gasteiger partial charge in [-0.2, -0.15) is 0 Å². The molecule has 0 aliphatic rings. The predicted molar refractivity (Wildman–Crippen MR) is 19.0 cm³/mol. The first kappa shape index (κ1) is 15.6. The minimum Gasteiger partial charge on any atom is -0.269 e. The second kappa shape index (κ2) is 15.9. The van der Waals surface area contributed by atoms with E-state index in [1.165, 1.54) is 0 Å². The normalized spacial score (nSPS) is 5.43. The zero-order valence-electron chi connectivity index (χ0n) is 4.13. The van der Waals surface area contributed by atoms with Gasteiger partial charge in [-0.05, 0) is 0 Å².